The van der Waals surface area contributed by atoms with E-state index in [1.807, 2.05) is 4.90 Å². The molecule has 5 nitrogen and oxygen atoms in total. The third-order valence-electron chi connectivity index (χ3n) is 6.29. The number of hydrogen-bond acceptors (Lipinski definition) is 4. The molecule has 154 valence electrons. The molecule has 2 N–H and O–H groups in total. The Morgan fingerprint density at radius 1 is 0.862 bits per heavy atom. The minimum atomic E-state index is -0.159. The normalized spacial score (nSPS) is 22.2. The summed E-state index contributed by atoms with van der Waals surface area (Å²) in [7, 11) is 0. The van der Waals surface area contributed by atoms with E-state index in [4.69, 9.17) is 0 Å². The van der Waals surface area contributed by atoms with Crippen LogP contribution >= 0.6 is 0 Å². The number of nitrogens with zero attached hydrogens (tertiary/aromatic N) is 2. The summed E-state index contributed by atoms with van der Waals surface area (Å²) in [4.78, 5) is 17.5. The van der Waals surface area contributed by atoms with Crippen LogP contribution < -0.4 is 15.8 Å². The number of piperazine rings is 1. The van der Waals surface area contributed by atoms with Crippen LogP contribution in [0, 0.1) is 27.7 Å². The van der Waals surface area contributed by atoms with E-state index >= 15 is 0 Å². The summed E-state index contributed by atoms with van der Waals surface area (Å²) in [6.07, 6.45) is 0.792. The van der Waals surface area contributed by atoms with Gasteiger partial charge in [0.25, 0.3) is 0 Å². The maximum Gasteiger partial charge on any atom is 0.241 e. The van der Waals surface area contributed by atoms with Gasteiger partial charge >= 0.3 is 0 Å². The van der Waals surface area contributed by atoms with Gasteiger partial charge in [0.05, 0.1) is 0 Å². The van der Waals surface area contributed by atoms with Crippen molar-refractivity contribution in [3.8, 4) is 0 Å². The lowest BCUT2D eigenvalue weighted by Crippen LogP contribution is -2.53. The lowest BCUT2D eigenvalue weighted by Gasteiger charge is -2.37. The van der Waals surface area contributed by atoms with Crippen molar-refractivity contribution in [1.82, 2.24) is 15.8 Å². The Balaban J connectivity index is 1.35. The first kappa shape index (κ1) is 19.9. The number of anilines is 1. The fraction of sp³-hybridized carbons (Fsp3) is 0.458. The van der Waals surface area contributed by atoms with E-state index in [0.29, 0.717) is 0 Å². The van der Waals surface area contributed by atoms with Crippen LogP contribution in [-0.2, 0) is 4.79 Å². The molecule has 2 atom stereocenters. The molecule has 1 amide bonds. The van der Waals surface area contributed by atoms with Crippen molar-refractivity contribution < 1.29 is 4.79 Å². The highest BCUT2D eigenvalue weighted by atomic mass is 16.2. The van der Waals surface area contributed by atoms with E-state index in [-0.39, 0.29) is 18.0 Å². The number of amides is 1. The van der Waals surface area contributed by atoms with Gasteiger partial charge in [-0.3, -0.25) is 4.79 Å². The standard InChI is InChI=1S/C24H32N4O/c1-16-5-7-20(18(3)13-16)21-15-22(26-25-21)24(29)28-11-9-27(10-12-28)23-8-6-17(2)14-19(23)4/h5-8,13-14,21-22,25-26H,9-12,15H2,1-4H3. The van der Waals surface area contributed by atoms with Gasteiger partial charge in [0.15, 0.2) is 0 Å². The van der Waals surface area contributed by atoms with Crippen LogP contribution in [0.1, 0.15) is 40.3 Å². The van der Waals surface area contributed by atoms with Gasteiger partial charge in [0.1, 0.15) is 6.04 Å². The van der Waals surface area contributed by atoms with Gasteiger partial charge in [0, 0.05) is 37.9 Å². The highest BCUT2D eigenvalue weighted by Gasteiger charge is 2.34. The third kappa shape index (κ3) is 4.16. The SMILES string of the molecule is Cc1ccc(C2CC(C(=O)N3CCN(c4ccc(C)cc4C)CC3)NN2)c(C)c1. The monoisotopic (exact) mass is 392 g/mol. The minimum Gasteiger partial charge on any atom is -0.368 e. The average Bonchev–Trinajstić information content (AvgIpc) is 3.17. The smallest absolute Gasteiger partial charge is 0.241 e. The molecule has 2 heterocycles. The molecule has 2 aromatic carbocycles. The molecule has 0 spiro atoms. The second-order valence-electron chi connectivity index (χ2n) is 8.59. The van der Waals surface area contributed by atoms with Crippen molar-refractivity contribution in [3.63, 3.8) is 0 Å². The third-order valence-corrected chi connectivity index (χ3v) is 6.29. The molecule has 5 heteroatoms. The van der Waals surface area contributed by atoms with Gasteiger partial charge < -0.3 is 9.80 Å². The molecule has 2 unspecified atom stereocenters. The number of aryl methyl sites for hydroxylation is 4. The van der Waals surface area contributed by atoms with Gasteiger partial charge in [-0.15, -0.1) is 0 Å². The summed E-state index contributed by atoms with van der Waals surface area (Å²) in [6.45, 7) is 11.9. The highest BCUT2D eigenvalue weighted by Crippen LogP contribution is 2.27. The first-order chi connectivity index (χ1) is 13.9. The zero-order valence-electron chi connectivity index (χ0n) is 18.0. The van der Waals surface area contributed by atoms with Crippen LogP contribution in [0.2, 0.25) is 0 Å². The van der Waals surface area contributed by atoms with Crippen molar-refractivity contribution in [2.45, 2.75) is 46.2 Å². The van der Waals surface area contributed by atoms with Crippen LogP contribution in [0.4, 0.5) is 5.69 Å². The average molecular weight is 393 g/mol. The van der Waals surface area contributed by atoms with E-state index in [9.17, 15) is 4.79 Å². The summed E-state index contributed by atoms with van der Waals surface area (Å²) < 4.78 is 0. The van der Waals surface area contributed by atoms with Crippen molar-refractivity contribution in [2.75, 3.05) is 31.1 Å². The summed E-state index contributed by atoms with van der Waals surface area (Å²) in [5, 5.41) is 0. The van der Waals surface area contributed by atoms with Gasteiger partial charge in [-0.1, -0.05) is 41.5 Å². The predicted octanol–water partition coefficient (Wildman–Crippen LogP) is 3.18. The largest absolute Gasteiger partial charge is 0.368 e. The number of benzene rings is 2. The second-order valence-corrected chi connectivity index (χ2v) is 8.59. The molecular formula is C24H32N4O. The fourth-order valence-electron chi connectivity index (χ4n) is 4.69. The number of nitrogens with one attached hydrogen (secondary N) is 2. The van der Waals surface area contributed by atoms with Crippen LogP contribution in [0.3, 0.4) is 0 Å². The summed E-state index contributed by atoms with van der Waals surface area (Å²) >= 11 is 0. The van der Waals surface area contributed by atoms with Crippen LogP contribution in [0.5, 0.6) is 0 Å². The maximum absolute atomic E-state index is 13.1. The quantitative estimate of drug-likeness (QED) is 0.842. The van der Waals surface area contributed by atoms with Gasteiger partial charge in [0.2, 0.25) is 5.91 Å². The van der Waals surface area contributed by atoms with Crippen LogP contribution in [-0.4, -0.2) is 43.0 Å². The Morgan fingerprint density at radius 2 is 1.52 bits per heavy atom. The van der Waals surface area contributed by atoms with E-state index in [2.05, 4.69) is 79.8 Å². The molecule has 2 aromatic rings. The number of carbonyl (C=O) groups excluding carboxylic acids is 1. The molecule has 0 bridgehead atoms. The van der Waals surface area contributed by atoms with Crippen LogP contribution in [0.25, 0.3) is 0 Å². The second kappa shape index (κ2) is 8.17. The topological polar surface area (TPSA) is 47.6 Å². The van der Waals surface area contributed by atoms with Gasteiger partial charge in [-0.25, -0.2) is 10.9 Å². The molecule has 29 heavy (non-hydrogen) atoms. The Kier molecular flexibility index (Phi) is 5.61. The molecule has 2 fully saturated rings. The van der Waals surface area contributed by atoms with Crippen molar-refractivity contribution in [1.29, 1.82) is 0 Å². The Labute approximate surface area is 174 Å². The lowest BCUT2D eigenvalue weighted by atomic mass is 9.96. The number of rotatable bonds is 3. The summed E-state index contributed by atoms with van der Waals surface area (Å²) in [5.41, 5.74) is 14.3. The van der Waals surface area contributed by atoms with Gasteiger partial charge in [-0.2, -0.15) is 0 Å². The first-order valence-corrected chi connectivity index (χ1v) is 10.6. The molecule has 0 aromatic heterocycles. The zero-order valence-corrected chi connectivity index (χ0v) is 18.0. The molecule has 2 saturated heterocycles. The molecule has 0 radical (unpaired) electrons. The first-order valence-electron chi connectivity index (χ1n) is 10.6. The van der Waals surface area contributed by atoms with Crippen molar-refractivity contribution in [3.05, 3.63) is 64.2 Å². The zero-order chi connectivity index (χ0) is 20.5. The number of carbonyl (C=O) groups is 1. The van der Waals surface area contributed by atoms with Crippen molar-refractivity contribution >= 4 is 11.6 Å². The molecule has 0 saturated carbocycles. The van der Waals surface area contributed by atoms with E-state index in [1.54, 1.807) is 0 Å². The summed E-state index contributed by atoms with van der Waals surface area (Å²) in [6, 6.07) is 13.2. The lowest BCUT2D eigenvalue weighted by molar-refractivity contribution is -0.133. The Bertz CT molecular complexity index is 902. The minimum absolute atomic E-state index is 0.159. The molecule has 2 aliphatic rings. The maximum atomic E-state index is 13.1. The van der Waals surface area contributed by atoms with E-state index < -0.39 is 0 Å². The van der Waals surface area contributed by atoms with E-state index in [0.717, 1.165) is 32.6 Å². The molecule has 2 aliphatic heterocycles. The Hall–Kier alpha value is -2.37. The predicted molar refractivity (Wildman–Crippen MR) is 118 cm³/mol. The number of hydrogen-bond donors (Lipinski definition) is 2. The number of hydrazine groups is 1. The van der Waals surface area contributed by atoms with Gasteiger partial charge in [-0.05, 0) is 56.9 Å². The molecular weight excluding hydrogens is 360 g/mol. The highest BCUT2D eigenvalue weighted by molar-refractivity contribution is 5.82. The Morgan fingerprint density at radius 3 is 2.17 bits per heavy atom. The summed E-state index contributed by atoms with van der Waals surface area (Å²) in [5.74, 6) is 0.213. The van der Waals surface area contributed by atoms with Crippen LogP contribution in [0.15, 0.2) is 36.4 Å². The van der Waals surface area contributed by atoms with E-state index in [1.165, 1.54) is 33.5 Å². The molecule has 0 aliphatic carbocycles. The van der Waals surface area contributed by atoms with Crippen molar-refractivity contribution in [2.24, 2.45) is 0 Å². The molecule has 4 rings (SSSR count). The fourth-order valence-corrected chi connectivity index (χ4v) is 4.69.